The summed E-state index contributed by atoms with van der Waals surface area (Å²) in [6.07, 6.45) is 12.3. The highest BCUT2D eigenvalue weighted by atomic mass is 16.3. The maximum atomic E-state index is 10.2. The predicted octanol–water partition coefficient (Wildman–Crippen LogP) is 4.50. The smallest absolute Gasteiger partial charge is 0.0540 e. The predicted molar refractivity (Wildman–Crippen MR) is 92.5 cm³/mol. The molecule has 0 aromatic carbocycles. The van der Waals surface area contributed by atoms with Crippen molar-refractivity contribution in [1.29, 1.82) is 0 Å². The normalized spacial score (nSPS) is 49.2. The Morgan fingerprint density at radius 3 is 2.32 bits per heavy atom. The van der Waals surface area contributed by atoms with E-state index in [4.69, 9.17) is 5.73 Å². The van der Waals surface area contributed by atoms with Gasteiger partial charge in [-0.1, -0.05) is 33.6 Å². The molecule has 6 atom stereocenters. The van der Waals surface area contributed by atoms with Crippen LogP contribution >= 0.6 is 0 Å². The van der Waals surface area contributed by atoms with Gasteiger partial charge in [0.25, 0.3) is 0 Å². The summed E-state index contributed by atoms with van der Waals surface area (Å²) in [7, 11) is 0. The van der Waals surface area contributed by atoms with Crippen LogP contribution in [0, 0.1) is 28.6 Å². The summed E-state index contributed by atoms with van der Waals surface area (Å²) in [6, 6.07) is 0.429. The minimum atomic E-state index is -0.0652. The van der Waals surface area contributed by atoms with E-state index < -0.39 is 0 Å². The van der Waals surface area contributed by atoms with Crippen LogP contribution in [0.5, 0.6) is 0 Å². The first-order chi connectivity index (χ1) is 10.3. The maximum absolute atomic E-state index is 10.2. The fourth-order valence-electron chi connectivity index (χ4n) is 6.33. The van der Waals surface area contributed by atoms with Gasteiger partial charge in [0.2, 0.25) is 0 Å². The number of aliphatic hydroxyl groups is 1. The van der Waals surface area contributed by atoms with Crippen molar-refractivity contribution in [1.82, 2.24) is 0 Å². The summed E-state index contributed by atoms with van der Waals surface area (Å²) in [6.45, 7) is 7.42. The molecular formula is C20H37NO. The van der Waals surface area contributed by atoms with E-state index in [1.165, 1.54) is 51.4 Å². The average molecular weight is 308 g/mol. The van der Waals surface area contributed by atoms with E-state index in [1.54, 1.807) is 0 Å². The van der Waals surface area contributed by atoms with Gasteiger partial charge < -0.3 is 10.8 Å². The minimum Gasteiger partial charge on any atom is -0.393 e. The molecule has 0 radical (unpaired) electrons. The zero-order valence-corrected chi connectivity index (χ0v) is 15.0. The van der Waals surface area contributed by atoms with Crippen LogP contribution in [0.15, 0.2) is 0 Å². The summed E-state index contributed by atoms with van der Waals surface area (Å²) in [5.41, 5.74) is 7.30. The number of aliphatic hydroxyl groups excluding tert-OH is 1. The van der Waals surface area contributed by atoms with Crippen LogP contribution in [0.25, 0.3) is 0 Å². The van der Waals surface area contributed by atoms with Crippen molar-refractivity contribution in [3.8, 4) is 0 Å². The summed E-state index contributed by atoms with van der Waals surface area (Å²) in [4.78, 5) is 0. The maximum Gasteiger partial charge on any atom is 0.0540 e. The molecule has 0 bridgehead atoms. The molecule has 0 aromatic heterocycles. The van der Waals surface area contributed by atoms with Crippen molar-refractivity contribution in [3.63, 3.8) is 0 Å². The Labute approximate surface area is 137 Å². The standard InChI is InChI=1S/C20H37NO/c1-19(2)12-10-14(22)6-4-5-7-15-16(19)11-13-20(3)17(15)8-9-18(20)21/h14-18,22H,4-13,21H2,1-3H3/t14-,15?,16?,17?,18-,20-/m0/s1. The van der Waals surface area contributed by atoms with Crippen molar-refractivity contribution in [2.75, 3.05) is 0 Å². The van der Waals surface area contributed by atoms with Crippen molar-refractivity contribution in [3.05, 3.63) is 0 Å². The number of hydrogen-bond acceptors (Lipinski definition) is 2. The molecule has 0 spiro atoms. The third-order valence-corrected chi connectivity index (χ3v) is 7.96. The van der Waals surface area contributed by atoms with E-state index >= 15 is 0 Å². The third-order valence-electron chi connectivity index (χ3n) is 7.96. The molecule has 2 nitrogen and oxygen atoms in total. The van der Waals surface area contributed by atoms with E-state index in [1.807, 2.05) is 0 Å². The van der Waals surface area contributed by atoms with Crippen LogP contribution in [-0.2, 0) is 0 Å². The van der Waals surface area contributed by atoms with Gasteiger partial charge in [-0.3, -0.25) is 0 Å². The highest BCUT2D eigenvalue weighted by molar-refractivity contribution is 5.06. The second-order valence-corrected chi connectivity index (χ2v) is 9.57. The third kappa shape index (κ3) is 2.86. The lowest BCUT2D eigenvalue weighted by Crippen LogP contribution is -2.49. The second kappa shape index (κ2) is 6.09. The summed E-state index contributed by atoms with van der Waals surface area (Å²) < 4.78 is 0. The average Bonchev–Trinajstić information content (AvgIpc) is 2.77. The molecule has 3 unspecified atom stereocenters. The highest BCUT2D eigenvalue weighted by Crippen LogP contribution is 2.60. The Kier molecular flexibility index (Phi) is 4.64. The fraction of sp³-hybridized carbons (Fsp3) is 1.00. The highest BCUT2D eigenvalue weighted by Gasteiger charge is 2.54. The molecule has 2 heteroatoms. The van der Waals surface area contributed by atoms with Gasteiger partial charge in [0.15, 0.2) is 0 Å². The Bertz CT molecular complexity index is 393. The molecule has 0 aromatic rings. The van der Waals surface area contributed by atoms with Crippen LogP contribution in [0.3, 0.4) is 0 Å². The molecule has 22 heavy (non-hydrogen) atoms. The van der Waals surface area contributed by atoms with Crippen molar-refractivity contribution < 1.29 is 5.11 Å². The Balaban J connectivity index is 1.84. The van der Waals surface area contributed by atoms with Gasteiger partial charge in [0.05, 0.1) is 6.10 Å². The summed E-state index contributed by atoms with van der Waals surface area (Å²) in [5, 5.41) is 10.2. The SMILES string of the molecule is CC1(C)CC[C@@H](O)CCCCC2C1CC[C@@]1(C)C2CC[C@@H]1N. The number of nitrogens with two attached hydrogens (primary N) is 1. The van der Waals surface area contributed by atoms with Gasteiger partial charge in [-0.15, -0.1) is 0 Å². The largest absolute Gasteiger partial charge is 0.393 e. The van der Waals surface area contributed by atoms with E-state index in [0.717, 1.165) is 30.6 Å². The second-order valence-electron chi connectivity index (χ2n) is 9.57. The molecule has 128 valence electrons. The Morgan fingerprint density at radius 2 is 1.55 bits per heavy atom. The molecule has 0 saturated heterocycles. The van der Waals surface area contributed by atoms with Crippen molar-refractivity contribution >= 4 is 0 Å². The van der Waals surface area contributed by atoms with Gasteiger partial charge >= 0.3 is 0 Å². The van der Waals surface area contributed by atoms with Gasteiger partial charge in [-0.05, 0) is 80.0 Å². The molecule has 3 N–H and O–H groups in total. The zero-order valence-electron chi connectivity index (χ0n) is 15.0. The van der Waals surface area contributed by atoms with Crippen LogP contribution in [0.1, 0.15) is 85.0 Å². The molecule has 3 aliphatic rings. The number of rotatable bonds is 0. The van der Waals surface area contributed by atoms with E-state index in [9.17, 15) is 5.11 Å². The first-order valence-corrected chi connectivity index (χ1v) is 9.78. The van der Waals surface area contributed by atoms with Gasteiger partial charge in [-0.25, -0.2) is 0 Å². The number of fused-ring (bicyclic) bond motifs is 3. The number of hydrogen-bond donors (Lipinski definition) is 2. The van der Waals surface area contributed by atoms with Crippen LogP contribution < -0.4 is 5.73 Å². The molecule has 3 aliphatic carbocycles. The summed E-state index contributed by atoms with van der Waals surface area (Å²) in [5.74, 6) is 2.56. The van der Waals surface area contributed by atoms with Gasteiger partial charge in [0.1, 0.15) is 0 Å². The first kappa shape index (κ1) is 16.8. The molecule has 3 rings (SSSR count). The molecule has 0 amide bonds. The molecule has 0 aliphatic heterocycles. The van der Waals surface area contributed by atoms with Gasteiger partial charge in [0, 0.05) is 6.04 Å². The molecular weight excluding hydrogens is 270 g/mol. The lowest BCUT2D eigenvalue weighted by Gasteiger charge is -2.53. The van der Waals surface area contributed by atoms with E-state index in [2.05, 4.69) is 20.8 Å². The molecule has 0 heterocycles. The quantitative estimate of drug-likeness (QED) is 0.692. The van der Waals surface area contributed by atoms with Crippen LogP contribution in [-0.4, -0.2) is 17.3 Å². The topological polar surface area (TPSA) is 46.2 Å². The first-order valence-electron chi connectivity index (χ1n) is 9.78. The lowest BCUT2D eigenvalue weighted by molar-refractivity contribution is -0.0368. The minimum absolute atomic E-state index is 0.0652. The lowest BCUT2D eigenvalue weighted by atomic mass is 9.52. The Hall–Kier alpha value is -0.0800. The van der Waals surface area contributed by atoms with Crippen molar-refractivity contribution in [2.45, 2.75) is 97.1 Å². The van der Waals surface area contributed by atoms with E-state index in [0.29, 0.717) is 16.9 Å². The summed E-state index contributed by atoms with van der Waals surface area (Å²) >= 11 is 0. The molecule has 3 saturated carbocycles. The Morgan fingerprint density at radius 1 is 0.818 bits per heavy atom. The van der Waals surface area contributed by atoms with Crippen LogP contribution in [0.2, 0.25) is 0 Å². The van der Waals surface area contributed by atoms with Crippen molar-refractivity contribution in [2.24, 2.45) is 34.3 Å². The van der Waals surface area contributed by atoms with Crippen LogP contribution in [0.4, 0.5) is 0 Å². The fourth-order valence-corrected chi connectivity index (χ4v) is 6.33. The zero-order chi connectivity index (χ0) is 16.0. The van der Waals surface area contributed by atoms with E-state index in [-0.39, 0.29) is 6.10 Å². The molecule has 3 fully saturated rings. The van der Waals surface area contributed by atoms with Gasteiger partial charge in [-0.2, -0.15) is 0 Å². The monoisotopic (exact) mass is 307 g/mol.